The second-order valence-electron chi connectivity index (χ2n) is 21.1. The third-order valence-corrected chi connectivity index (χ3v) is 14.6. The quantitative estimate of drug-likeness (QED) is 0.0346. The third kappa shape index (κ3) is 50.5. The van der Waals surface area contributed by atoms with E-state index < -0.39 is 0 Å². The van der Waals surface area contributed by atoms with Crippen molar-refractivity contribution in [3.63, 3.8) is 0 Å². The summed E-state index contributed by atoms with van der Waals surface area (Å²) in [6, 6.07) is 0. The van der Waals surface area contributed by atoms with Gasteiger partial charge in [-0.1, -0.05) is 322 Å². The van der Waals surface area contributed by atoms with Crippen molar-refractivity contribution in [2.45, 2.75) is 367 Å². The Kier molecular flexibility index (Phi) is 55.6. The first-order valence-electron chi connectivity index (χ1n) is 30.4. The molecule has 0 saturated carbocycles. The Labute approximate surface area is 405 Å². The molecule has 0 aromatic heterocycles. The molecule has 0 unspecified atom stereocenters. The molecule has 0 aliphatic carbocycles. The summed E-state index contributed by atoms with van der Waals surface area (Å²) in [5.74, 6) is 0.214. The van der Waals surface area contributed by atoms with E-state index in [-0.39, 0.29) is 17.5 Å². The molecule has 2 heteroatoms. The summed E-state index contributed by atoms with van der Waals surface area (Å²) in [6.07, 6.45) is 75.5. The number of allylic oxidation sites excluding steroid dienone is 2. The van der Waals surface area contributed by atoms with Crippen molar-refractivity contribution >= 4 is 11.6 Å². The van der Waals surface area contributed by atoms with Gasteiger partial charge >= 0.3 is 0 Å². The lowest BCUT2D eigenvalue weighted by molar-refractivity contribution is -0.133. The van der Waals surface area contributed by atoms with Crippen molar-refractivity contribution in [2.75, 3.05) is 0 Å². The van der Waals surface area contributed by atoms with Gasteiger partial charge in [-0.3, -0.25) is 9.59 Å². The van der Waals surface area contributed by atoms with Gasteiger partial charge in [0.05, 0.1) is 5.92 Å². The number of unbranched alkanes of at least 4 members (excludes halogenated alkanes) is 47. The van der Waals surface area contributed by atoms with Crippen LogP contribution in [-0.4, -0.2) is 11.6 Å². The highest BCUT2D eigenvalue weighted by Gasteiger charge is 2.24. The molecule has 0 atom stereocenters. The minimum absolute atomic E-state index is 0.269. The normalized spacial score (nSPS) is 11.8. The van der Waals surface area contributed by atoms with Crippen LogP contribution in [0.2, 0.25) is 0 Å². The van der Waals surface area contributed by atoms with E-state index in [2.05, 4.69) is 32.9 Å². The Bertz CT molecular complexity index is 866. The standard InChI is InChI=1S/C62H120O2/c1-4-7-10-13-16-19-22-25-28-30-32-34-37-40-43-46-49-52-55-58-61(63)60(57-54-51-48-45-42-39-36-27-24-21-18-15-12-9-6-3)62(64)59-56-53-50-47-44-41-38-35-33-31-29-26-23-20-17-14-11-8-5-2/h27,36,60H,4-26,28-35,37-59H2,1-3H3/b36-27-. The Morgan fingerprint density at radius 3 is 0.672 bits per heavy atom. The van der Waals surface area contributed by atoms with E-state index in [0.717, 1.165) is 44.9 Å². The molecule has 0 spiro atoms. The van der Waals surface area contributed by atoms with E-state index in [9.17, 15) is 9.59 Å². The Balaban J connectivity index is 4.20. The van der Waals surface area contributed by atoms with Crippen LogP contribution in [0.1, 0.15) is 367 Å². The second-order valence-corrected chi connectivity index (χ2v) is 21.1. The van der Waals surface area contributed by atoms with Crippen molar-refractivity contribution in [3.8, 4) is 0 Å². The zero-order valence-corrected chi connectivity index (χ0v) is 44.7. The predicted octanol–water partition coefficient (Wildman–Crippen LogP) is 22.4. The van der Waals surface area contributed by atoms with E-state index in [4.69, 9.17) is 0 Å². The van der Waals surface area contributed by atoms with Gasteiger partial charge in [0, 0.05) is 12.8 Å². The van der Waals surface area contributed by atoms with Crippen molar-refractivity contribution < 1.29 is 9.59 Å². The molecule has 0 saturated heterocycles. The van der Waals surface area contributed by atoms with E-state index >= 15 is 0 Å². The fraction of sp³-hybridized carbons (Fsp3) is 0.935. The summed E-state index contributed by atoms with van der Waals surface area (Å²) >= 11 is 0. The fourth-order valence-electron chi connectivity index (χ4n) is 10.0. The third-order valence-electron chi connectivity index (χ3n) is 14.6. The van der Waals surface area contributed by atoms with E-state index in [1.165, 1.54) is 289 Å². The largest absolute Gasteiger partial charge is 0.299 e. The molecule has 0 bridgehead atoms. The van der Waals surface area contributed by atoms with E-state index in [1.54, 1.807) is 0 Å². The highest BCUT2D eigenvalue weighted by molar-refractivity contribution is 6.02. The van der Waals surface area contributed by atoms with Gasteiger partial charge in [-0.15, -0.1) is 0 Å². The van der Waals surface area contributed by atoms with Crippen LogP contribution in [0.15, 0.2) is 12.2 Å². The molecule has 0 radical (unpaired) electrons. The van der Waals surface area contributed by atoms with Crippen molar-refractivity contribution in [1.82, 2.24) is 0 Å². The number of rotatable bonds is 57. The molecule has 64 heavy (non-hydrogen) atoms. The first-order valence-corrected chi connectivity index (χ1v) is 30.4. The Morgan fingerprint density at radius 1 is 0.250 bits per heavy atom. The van der Waals surface area contributed by atoms with Crippen LogP contribution in [0.4, 0.5) is 0 Å². The highest BCUT2D eigenvalue weighted by Crippen LogP contribution is 2.22. The summed E-state index contributed by atoms with van der Waals surface area (Å²) in [5, 5.41) is 0. The molecule has 0 aliphatic rings. The van der Waals surface area contributed by atoms with Gasteiger partial charge in [0.2, 0.25) is 0 Å². The highest BCUT2D eigenvalue weighted by atomic mass is 16.1. The number of Topliss-reactive ketones (excluding diaryl/α,β-unsaturated/α-hetero) is 2. The summed E-state index contributed by atoms with van der Waals surface area (Å²) in [7, 11) is 0. The van der Waals surface area contributed by atoms with Gasteiger partial charge in [-0.25, -0.2) is 0 Å². The van der Waals surface area contributed by atoms with Crippen LogP contribution in [0.25, 0.3) is 0 Å². The SMILES string of the molecule is CCCCCCCC/C=C\CCCCCCCC(C(=O)CCCCCCCCCCCCCCCCCCCCC)C(=O)CCCCCCCCCCCCCCCCCCCCC. The minimum Gasteiger partial charge on any atom is -0.299 e. The molecular formula is C62H120O2. The summed E-state index contributed by atoms with van der Waals surface area (Å²) in [5.41, 5.74) is 0. The van der Waals surface area contributed by atoms with Crippen LogP contribution in [-0.2, 0) is 9.59 Å². The molecule has 0 aromatic rings. The first-order chi connectivity index (χ1) is 31.7. The van der Waals surface area contributed by atoms with Crippen molar-refractivity contribution in [3.05, 3.63) is 12.2 Å². The smallest absolute Gasteiger partial charge is 0.143 e. The molecule has 0 fully saturated rings. The predicted molar refractivity (Wildman–Crippen MR) is 289 cm³/mol. The van der Waals surface area contributed by atoms with E-state index in [1.807, 2.05) is 0 Å². The summed E-state index contributed by atoms with van der Waals surface area (Å²) < 4.78 is 0. The van der Waals surface area contributed by atoms with Gasteiger partial charge in [0.25, 0.3) is 0 Å². The number of carbonyl (C=O) groups excluding carboxylic acids is 2. The fourth-order valence-corrected chi connectivity index (χ4v) is 10.0. The molecule has 380 valence electrons. The molecule has 0 aliphatic heterocycles. The molecule has 0 aromatic carbocycles. The number of carbonyl (C=O) groups is 2. The van der Waals surface area contributed by atoms with Crippen LogP contribution in [0.3, 0.4) is 0 Å². The van der Waals surface area contributed by atoms with Crippen LogP contribution in [0.5, 0.6) is 0 Å². The maximum absolute atomic E-state index is 13.5. The molecule has 0 heterocycles. The molecule has 2 nitrogen and oxygen atoms in total. The first kappa shape index (κ1) is 63.1. The van der Waals surface area contributed by atoms with Crippen molar-refractivity contribution in [1.29, 1.82) is 0 Å². The van der Waals surface area contributed by atoms with Crippen LogP contribution < -0.4 is 0 Å². The maximum atomic E-state index is 13.5. The maximum Gasteiger partial charge on any atom is 0.143 e. The Morgan fingerprint density at radius 2 is 0.438 bits per heavy atom. The van der Waals surface area contributed by atoms with Gasteiger partial charge in [-0.05, 0) is 44.9 Å². The molecular weight excluding hydrogens is 777 g/mol. The lowest BCUT2D eigenvalue weighted by Gasteiger charge is -2.15. The van der Waals surface area contributed by atoms with Gasteiger partial charge in [0.1, 0.15) is 11.6 Å². The van der Waals surface area contributed by atoms with Gasteiger partial charge < -0.3 is 0 Å². The second kappa shape index (κ2) is 56.4. The Hall–Kier alpha value is -0.920. The monoisotopic (exact) mass is 897 g/mol. The molecule has 0 rings (SSSR count). The molecule has 0 N–H and O–H groups in total. The lowest BCUT2D eigenvalue weighted by Crippen LogP contribution is -2.24. The zero-order valence-electron chi connectivity index (χ0n) is 44.7. The molecule has 0 amide bonds. The van der Waals surface area contributed by atoms with Crippen LogP contribution >= 0.6 is 0 Å². The van der Waals surface area contributed by atoms with Gasteiger partial charge in [0.15, 0.2) is 0 Å². The van der Waals surface area contributed by atoms with E-state index in [0.29, 0.717) is 12.8 Å². The minimum atomic E-state index is -0.323. The van der Waals surface area contributed by atoms with Crippen LogP contribution in [0, 0.1) is 5.92 Å². The van der Waals surface area contributed by atoms with Gasteiger partial charge in [-0.2, -0.15) is 0 Å². The summed E-state index contributed by atoms with van der Waals surface area (Å²) in [6.45, 7) is 6.89. The average Bonchev–Trinajstić information content (AvgIpc) is 3.30. The van der Waals surface area contributed by atoms with Crippen molar-refractivity contribution in [2.24, 2.45) is 5.92 Å². The zero-order chi connectivity index (χ0) is 46.3. The number of ketones is 2. The summed E-state index contributed by atoms with van der Waals surface area (Å²) in [4.78, 5) is 27.0. The number of hydrogen-bond donors (Lipinski definition) is 0. The lowest BCUT2D eigenvalue weighted by atomic mass is 9.87. The average molecular weight is 898 g/mol. The number of hydrogen-bond acceptors (Lipinski definition) is 2. The topological polar surface area (TPSA) is 34.1 Å².